The maximum Gasteiger partial charge on any atom is 0.256 e. The molecule has 1 saturated carbocycles. The summed E-state index contributed by atoms with van der Waals surface area (Å²) < 4.78 is 7.91. The predicted octanol–water partition coefficient (Wildman–Crippen LogP) is 4.72. The highest BCUT2D eigenvalue weighted by molar-refractivity contribution is 6.27. The van der Waals surface area contributed by atoms with Crippen LogP contribution in [0.5, 0.6) is 5.75 Å². The number of aromatic nitrogens is 5. The van der Waals surface area contributed by atoms with E-state index in [0.717, 1.165) is 48.1 Å². The SMILES string of the molecule is CCCCCCOc1ccc(C2(C)CC(c3ccn(CC4CC4)n3)=C(c3ncn[nH]3)C(=O)N2)cc1. The standard InChI is InChI=1S/C27H34N6O2/c1-3-4-5-6-15-35-21-11-9-20(10-12-21)27(2)16-22(23-13-14-33(32-23)17-19-7-8-19)24(26(34)30-27)25-28-18-29-31-25/h9-14,18-19H,3-8,15-17H2,1-2H3,(H,30,34)(H,28,29,31). The molecule has 8 heteroatoms. The van der Waals surface area contributed by atoms with Crippen LogP contribution in [0.25, 0.3) is 11.1 Å². The first-order valence-electron chi connectivity index (χ1n) is 12.7. The molecule has 0 spiro atoms. The second kappa shape index (κ2) is 10.1. The lowest BCUT2D eigenvalue weighted by molar-refractivity contribution is -0.117. The van der Waals surface area contributed by atoms with E-state index in [4.69, 9.17) is 9.84 Å². The van der Waals surface area contributed by atoms with Crippen LogP contribution in [0.15, 0.2) is 42.9 Å². The van der Waals surface area contributed by atoms with Gasteiger partial charge in [0.1, 0.15) is 12.1 Å². The van der Waals surface area contributed by atoms with E-state index in [2.05, 4.69) is 34.3 Å². The average Bonchev–Trinajstić information content (AvgIpc) is 3.29. The highest BCUT2D eigenvalue weighted by Crippen LogP contribution is 2.41. The van der Waals surface area contributed by atoms with Crippen LogP contribution in [0.4, 0.5) is 0 Å². The zero-order valence-corrected chi connectivity index (χ0v) is 20.6. The van der Waals surface area contributed by atoms with Gasteiger partial charge in [-0.3, -0.25) is 14.6 Å². The molecule has 2 aromatic heterocycles. The van der Waals surface area contributed by atoms with E-state index in [0.29, 0.717) is 17.8 Å². The van der Waals surface area contributed by atoms with E-state index in [-0.39, 0.29) is 5.91 Å². The molecule has 8 nitrogen and oxygen atoms in total. The molecule has 2 N–H and O–H groups in total. The number of hydrogen-bond donors (Lipinski definition) is 2. The van der Waals surface area contributed by atoms with E-state index in [1.165, 1.54) is 38.4 Å². The van der Waals surface area contributed by atoms with Crippen molar-refractivity contribution in [2.75, 3.05) is 6.61 Å². The smallest absolute Gasteiger partial charge is 0.256 e. The van der Waals surface area contributed by atoms with Crippen LogP contribution < -0.4 is 10.1 Å². The molecule has 1 fully saturated rings. The summed E-state index contributed by atoms with van der Waals surface area (Å²) >= 11 is 0. The van der Waals surface area contributed by atoms with Crippen molar-refractivity contribution in [2.24, 2.45) is 5.92 Å². The van der Waals surface area contributed by atoms with Gasteiger partial charge in [-0.2, -0.15) is 10.2 Å². The summed E-state index contributed by atoms with van der Waals surface area (Å²) in [6.07, 6.45) is 11.3. The molecule has 1 unspecified atom stereocenters. The fraction of sp³-hybridized carbons (Fsp3) is 0.481. The molecule has 1 amide bonds. The highest BCUT2D eigenvalue weighted by Gasteiger charge is 2.39. The molecule has 3 aromatic rings. The number of benzene rings is 1. The molecule has 184 valence electrons. The number of nitrogens with one attached hydrogen (secondary N) is 2. The molecule has 0 saturated heterocycles. The molecule has 3 heterocycles. The van der Waals surface area contributed by atoms with Gasteiger partial charge in [0.25, 0.3) is 5.91 Å². The number of ether oxygens (including phenoxy) is 1. The van der Waals surface area contributed by atoms with Crippen LogP contribution in [-0.4, -0.2) is 37.5 Å². The quantitative estimate of drug-likeness (QED) is 0.392. The van der Waals surface area contributed by atoms with Gasteiger partial charge in [0.2, 0.25) is 0 Å². The van der Waals surface area contributed by atoms with Gasteiger partial charge in [0, 0.05) is 19.2 Å². The van der Waals surface area contributed by atoms with Crippen molar-refractivity contribution in [3.8, 4) is 5.75 Å². The van der Waals surface area contributed by atoms with Crippen LogP contribution in [0.3, 0.4) is 0 Å². The molecule has 0 bridgehead atoms. The number of carbonyl (C=O) groups excluding carboxylic acids is 1. The first-order valence-corrected chi connectivity index (χ1v) is 12.7. The molecule has 1 aromatic carbocycles. The molecular weight excluding hydrogens is 440 g/mol. The van der Waals surface area contributed by atoms with Gasteiger partial charge in [0.15, 0.2) is 5.82 Å². The summed E-state index contributed by atoms with van der Waals surface area (Å²) in [6.45, 7) is 5.92. The largest absolute Gasteiger partial charge is 0.494 e. The summed E-state index contributed by atoms with van der Waals surface area (Å²) in [5.74, 6) is 1.85. The van der Waals surface area contributed by atoms with E-state index in [1.807, 2.05) is 41.2 Å². The van der Waals surface area contributed by atoms with Crippen molar-refractivity contribution < 1.29 is 9.53 Å². The summed E-state index contributed by atoms with van der Waals surface area (Å²) in [6, 6.07) is 10.1. The Kier molecular flexibility index (Phi) is 6.70. The van der Waals surface area contributed by atoms with Crippen LogP contribution in [0.2, 0.25) is 0 Å². The molecule has 1 atom stereocenters. The van der Waals surface area contributed by atoms with Gasteiger partial charge < -0.3 is 10.1 Å². The Morgan fingerprint density at radius 3 is 2.69 bits per heavy atom. The molecule has 5 rings (SSSR count). The summed E-state index contributed by atoms with van der Waals surface area (Å²) in [5.41, 5.74) is 2.62. The summed E-state index contributed by atoms with van der Waals surface area (Å²) in [4.78, 5) is 17.7. The number of aromatic amines is 1. The van der Waals surface area contributed by atoms with E-state index in [9.17, 15) is 4.79 Å². The summed E-state index contributed by atoms with van der Waals surface area (Å²) in [5, 5.41) is 14.9. The number of nitrogens with zero attached hydrogens (tertiary/aromatic N) is 4. The lowest BCUT2D eigenvalue weighted by Gasteiger charge is -2.37. The monoisotopic (exact) mass is 474 g/mol. The van der Waals surface area contributed by atoms with E-state index < -0.39 is 5.54 Å². The first kappa shape index (κ1) is 23.3. The maximum atomic E-state index is 13.4. The van der Waals surface area contributed by atoms with Gasteiger partial charge in [-0.1, -0.05) is 38.3 Å². The molecule has 2 aliphatic rings. The minimum atomic E-state index is -0.587. The van der Waals surface area contributed by atoms with Crippen molar-refractivity contribution in [1.29, 1.82) is 0 Å². The van der Waals surface area contributed by atoms with Gasteiger partial charge >= 0.3 is 0 Å². The minimum absolute atomic E-state index is 0.182. The molecule has 0 radical (unpaired) electrons. The fourth-order valence-electron chi connectivity index (χ4n) is 4.73. The van der Waals surface area contributed by atoms with Crippen molar-refractivity contribution in [1.82, 2.24) is 30.3 Å². The fourth-order valence-corrected chi connectivity index (χ4v) is 4.73. The topological polar surface area (TPSA) is 97.7 Å². The van der Waals surface area contributed by atoms with E-state index >= 15 is 0 Å². The van der Waals surface area contributed by atoms with Gasteiger partial charge in [-0.15, -0.1) is 0 Å². The van der Waals surface area contributed by atoms with E-state index in [1.54, 1.807) is 0 Å². The van der Waals surface area contributed by atoms with Crippen molar-refractivity contribution >= 4 is 17.1 Å². The average molecular weight is 475 g/mol. The number of carbonyl (C=O) groups is 1. The minimum Gasteiger partial charge on any atom is -0.494 e. The molecular formula is C27H34N6O2. The Morgan fingerprint density at radius 1 is 1.14 bits per heavy atom. The number of rotatable bonds is 11. The normalized spacial score (nSPS) is 20.2. The predicted molar refractivity (Wildman–Crippen MR) is 134 cm³/mol. The van der Waals surface area contributed by atoms with Crippen LogP contribution >= 0.6 is 0 Å². The lowest BCUT2D eigenvalue weighted by Crippen LogP contribution is -2.47. The van der Waals surface area contributed by atoms with Crippen LogP contribution in [0, 0.1) is 5.92 Å². The van der Waals surface area contributed by atoms with Gasteiger partial charge in [-0.25, -0.2) is 4.98 Å². The third-order valence-corrected chi connectivity index (χ3v) is 6.95. The summed E-state index contributed by atoms with van der Waals surface area (Å²) in [7, 11) is 0. The number of hydrogen-bond acceptors (Lipinski definition) is 5. The zero-order chi connectivity index (χ0) is 24.3. The zero-order valence-electron chi connectivity index (χ0n) is 20.6. The van der Waals surface area contributed by atoms with Crippen molar-refractivity contribution in [3.63, 3.8) is 0 Å². The van der Waals surface area contributed by atoms with Crippen molar-refractivity contribution in [3.05, 3.63) is 59.9 Å². The van der Waals surface area contributed by atoms with Crippen LogP contribution in [-0.2, 0) is 16.9 Å². The maximum absolute atomic E-state index is 13.4. The highest BCUT2D eigenvalue weighted by atomic mass is 16.5. The second-order valence-electron chi connectivity index (χ2n) is 9.95. The van der Waals surface area contributed by atoms with Crippen LogP contribution in [0.1, 0.15) is 75.9 Å². The van der Waals surface area contributed by atoms with Gasteiger partial charge in [0.05, 0.1) is 23.4 Å². The first-order chi connectivity index (χ1) is 17.1. The second-order valence-corrected chi connectivity index (χ2v) is 9.95. The number of amides is 1. The molecule has 1 aliphatic heterocycles. The third kappa shape index (κ3) is 5.31. The number of H-pyrrole nitrogens is 1. The third-order valence-electron chi connectivity index (χ3n) is 6.95. The van der Waals surface area contributed by atoms with Gasteiger partial charge in [-0.05, 0) is 61.4 Å². The number of unbranched alkanes of at least 4 members (excludes halogenated alkanes) is 3. The Morgan fingerprint density at radius 2 is 1.97 bits per heavy atom. The van der Waals surface area contributed by atoms with Crippen molar-refractivity contribution in [2.45, 2.75) is 70.9 Å². The Labute approximate surface area is 206 Å². The Hall–Kier alpha value is -3.42. The molecule has 35 heavy (non-hydrogen) atoms. The Bertz CT molecular complexity index is 1180. The Balaban J connectivity index is 1.39. The molecule has 1 aliphatic carbocycles. The lowest BCUT2D eigenvalue weighted by atomic mass is 9.79.